The topological polar surface area (TPSA) is 89.9 Å². The number of hydrogen-bond acceptors (Lipinski definition) is 5. The SMILES string of the molecule is CC(=O)CC(C)(C)NC(=O)CCN(CCO)CCO. The molecule has 1 amide bonds. The Balaban J connectivity index is 4.12. The third-order valence-corrected chi connectivity index (χ3v) is 2.66. The molecule has 0 unspecified atom stereocenters. The van der Waals surface area contributed by atoms with Gasteiger partial charge in [-0.15, -0.1) is 0 Å². The van der Waals surface area contributed by atoms with Crippen molar-refractivity contribution >= 4 is 11.7 Å². The molecule has 6 nitrogen and oxygen atoms in total. The third-order valence-electron chi connectivity index (χ3n) is 2.66. The second-order valence-corrected chi connectivity index (χ2v) is 5.35. The van der Waals surface area contributed by atoms with Crippen molar-refractivity contribution < 1.29 is 19.8 Å². The number of ketones is 1. The highest BCUT2D eigenvalue weighted by molar-refractivity contribution is 5.80. The van der Waals surface area contributed by atoms with Crippen LogP contribution in [0.4, 0.5) is 0 Å². The van der Waals surface area contributed by atoms with Crippen molar-refractivity contribution in [2.45, 2.75) is 39.2 Å². The van der Waals surface area contributed by atoms with Crippen molar-refractivity contribution in [2.75, 3.05) is 32.8 Å². The fourth-order valence-electron chi connectivity index (χ4n) is 1.98. The Morgan fingerprint density at radius 3 is 2.05 bits per heavy atom. The van der Waals surface area contributed by atoms with E-state index in [4.69, 9.17) is 10.2 Å². The first kappa shape index (κ1) is 18.0. The number of aliphatic hydroxyl groups is 2. The van der Waals surface area contributed by atoms with Gasteiger partial charge in [-0.1, -0.05) is 0 Å². The lowest BCUT2D eigenvalue weighted by molar-refractivity contribution is -0.124. The molecule has 0 aromatic carbocycles. The summed E-state index contributed by atoms with van der Waals surface area (Å²) in [6, 6.07) is 0. The second kappa shape index (κ2) is 9.01. The fraction of sp³-hybridized carbons (Fsp3) is 0.846. The molecule has 112 valence electrons. The van der Waals surface area contributed by atoms with E-state index in [1.165, 1.54) is 6.92 Å². The summed E-state index contributed by atoms with van der Waals surface area (Å²) in [5, 5.41) is 20.5. The molecule has 0 saturated heterocycles. The standard InChI is InChI=1S/C13H26N2O4/c1-11(18)10-13(2,3)14-12(19)4-5-15(6-8-16)7-9-17/h16-17H,4-10H2,1-3H3,(H,14,19). The molecular weight excluding hydrogens is 248 g/mol. The minimum atomic E-state index is -0.540. The van der Waals surface area contributed by atoms with Gasteiger partial charge >= 0.3 is 0 Å². The average Bonchev–Trinajstić information content (AvgIpc) is 2.23. The number of nitrogens with zero attached hydrogens (tertiary/aromatic N) is 1. The Labute approximate surface area is 114 Å². The quantitative estimate of drug-likeness (QED) is 0.501. The van der Waals surface area contributed by atoms with Crippen molar-refractivity contribution in [3.63, 3.8) is 0 Å². The van der Waals surface area contributed by atoms with Gasteiger partial charge in [-0.3, -0.25) is 14.5 Å². The zero-order valence-electron chi connectivity index (χ0n) is 12.1. The molecule has 0 rings (SSSR count). The van der Waals surface area contributed by atoms with Crippen LogP contribution in [-0.2, 0) is 9.59 Å². The molecule has 6 heteroatoms. The molecule has 0 heterocycles. The second-order valence-electron chi connectivity index (χ2n) is 5.35. The van der Waals surface area contributed by atoms with Gasteiger partial charge in [-0.05, 0) is 20.8 Å². The van der Waals surface area contributed by atoms with Gasteiger partial charge in [0, 0.05) is 38.0 Å². The van der Waals surface area contributed by atoms with Gasteiger partial charge in [0.1, 0.15) is 5.78 Å². The van der Waals surface area contributed by atoms with Gasteiger partial charge in [0.25, 0.3) is 0 Å². The van der Waals surface area contributed by atoms with Crippen molar-refractivity contribution in [1.29, 1.82) is 0 Å². The molecular formula is C13H26N2O4. The van der Waals surface area contributed by atoms with Crippen LogP contribution in [0, 0.1) is 0 Å². The van der Waals surface area contributed by atoms with Gasteiger partial charge in [0.15, 0.2) is 0 Å². The number of carbonyl (C=O) groups excluding carboxylic acids is 2. The summed E-state index contributed by atoms with van der Waals surface area (Å²) in [7, 11) is 0. The number of rotatable bonds is 10. The molecule has 3 N–H and O–H groups in total. The number of nitrogens with one attached hydrogen (secondary N) is 1. The van der Waals surface area contributed by atoms with Crippen LogP contribution in [0.1, 0.15) is 33.6 Å². The zero-order chi connectivity index (χ0) is 14.9. The summed E-state index contributed by atoms with van der Waals surface area (Å²) in [5.41, 5.74) is -0.540. The Hall–Kier alpha value is -0.980. The van der Waals surface area contributed by atoms with Crippen LogP contribution >= 0.6 is 0 Å². The number of Topliss-reactive ketones (excluding diaryl/α,β-unsaturated/α-hetero) is 1. The van der Waals surface area contributed by atoms with Crippen LogP contribution in [-0.4, -0.2) is 65.2 Å². The fourth-order valence-corrected chi connectivity index (χ4v) is 1.98. The normalized spacial score (nSPS) is 11.7. The molecule has 0 aromatic rings. The highest BCUT2D eigenvalue weighted by Gasteiger charge is 2.22. The van der Waals surface area contributed by atoms with Gasteiger partial charge < -0.3 is 15.5 Å². The maximum absolute atomic E-state index is 11.8. The van der Waals surface area contributed by atoms with Crippen LogP contribution in [0.3, 0.4) is 0 Å². The Morgan fingerprint density at radius 1 is 1.11 bits per heavy atom. The van der Waals surface area contributed by atoms with Gasteiger partial charge in [-0.25, -0.2) is 0 Å². The summed E-state index contributed by atoms with van der Waals surface area (Å²) in [6.07, 6.45) is 0.580. The predicted molar refractivity (Wildman–Crippen MR) is 72.7 cm³/mol. The maximum atomic E-state index is 11.8. The van der Waals surface area contributed by atoms with Crippen molar-refractivity contribution in [3.05, 3.63) is 0 Å². The van der Waals surface area contributed by atoms with Crippen LogP contribution in [0.25, 0.3) is 0 Å². The lowest BCUT2D eigenvalue weighted by Crippen LogP contribution is -2.45. The molecule has 0 aliphatic rings. The molecule has 0 fully saturated rings. The van der Waals surface area contributed by atoms with Crippen molar-refractivity contribution in [1.82, 2.24) is 10.2 Å². The van der Waals surface area contributed by atoms with Gasteiger partial charge in [-0.2, -0.15) is 0 Å². The van der Waals surface area contributed by atoms with Crippen molar-refractivity contribution in [2.24, 2.45) is 0 Å². The maximum Gasteiger partial charge on any atom is 0.221 e. The Bertz CT molecular complexity index is 286. The van der Waals surface area contributed by atoms with E-state index >= 15 is 0 Å². The van der Waals surface area contributed by atoms with Gasteiger partial charge in [0.2, 0.25) is 5.91 Å². The summed E-state index contributed by atoms with van der Waals surface area (Å²) in [5.74, 6) is -0.0976. The minimum absolute atomic E-state index is 0.00253. The number of hydrogen-bond donors (Lipinski definition) is 3. The van der Waals surface area contributed by atoms with E-state index < -0.39 is 5.54 Å². The molecule has 0 spiro atoms. The van der Waals surface area contributed by atoms with Crippen LogP contribution in [0.5, 0.6) is 0 Å². The van der Waals surface area contributed by atoms with Crippen LogP contribution in [0.15, 0.2) is 0 Å². The van der Waals surface area contributed by atoms with E-state index in [1.54, 1.807) is 0 Å². The highest BCUT2D eigenvalue weighted by Crippen LogP contribution is 2.09. The average molecular weight is 274 g/mol. The van der Waals surface area contributed by atoms with E-state index in [2.05, 4.69) is 5.32 Å². The number of amides is 1. The molecule has 0 aromatic heterocycles. The summed E-state index contributed by atoms with van der Waals surface area (Å²) in [6.45, 7) is 6.46. The first-order chi connectivity index (χ1) is 8.80. The third kappa shape index (κ3) is 9.58. The van der Waals surface area contributed by atoms with Crippen molar-refractivity contribution in [3.8, 4) is 0 Å². The molecule has 0 aliphatic heterocycles. The number of aliphatic hydroxyl groups excluding tert-OH is 2. The Morgan fingerprint density at radius 2 is 1.63 bits per heavy atom. The first-order valence-electron chi connectivity index (χ1n) is 6.55. The first-order valence-corrected chi connectivity index (χ1v) is 6.55. The molecule has 0 radical (unpaired) electrons. The lowest BCUT2D eigenvalue weighted by Gasteiger charge is -2.26. The Kier molecular flexibility index (Phi) is 8.54. The molecule has 0 aliphatic carbocycles. The minimum Gasteiger partial charge on any atom is -0.395 e. The van der Waals surface area contributed by atoms with E-state index in [0.29, 0.717) is 26.1 Å². The molecule has 0 saturated carbocycles. The predicted octanol–water partition coefficient (Wildman–Crippen LogP) is -0.463. The van der Waals surface area contributed by atoms with E-state index in [-0.39, 0.29) is 31.3 Å². The molecule has 0 bridgehead atoms. The smallest absolute Gasteiger partial charge is 0.221 e. The zero-order valence-corrected chi connectivity index (χ0v) is 12.1. The van der Waals surface area contributed by atoms with Crippen LogP contribution in [0.2, 0.25) is 0 Å². The highest BCUT2D eigenvalue weighted by atomic mass is 16.3. The summed E-state index contributed by atoms with van der Waals surface area (Å²) < 4.78 is 0. The van der Waals surface area contributed by atoms with Crippen LogP contribution < -0.4 is 5.32 Å². The summed E-state index contributed by atoms with van der Waals surface area (Å²) in [4.78, 5) is 24.7. The molecule has 19 heavy (non-hydrogen) atoms. The summed E-state index contributed by atoms with van der Waals surface area (Å²) >= 11 is 0. The van der Waals surface area contributed by atoms with E-state index in [0.717, 1.165) is 0 Å². The van der Waals surface area contributed by atoms with Gasteiger partial charge in [0.05, 0.1) is 13.2 Å². The van der Waals surface area contributed by atoms with E-state index in [9.17, 15) is 9.59 Å². The largest absolute Gasteiger partial charge is 0.395 e. The lowest BCUT2D eigenvalue weighted by atomic mass is 9.98. The van der Waals surface area contributed by atoms with E-state index in [1.807, 2.05) is 18.7 Å². The number of carbonyl (C=O) groups is 2. The molecule has 0 atom stereocenters. The monoisotopic (exact) mass is 274 g/mol.